The molecule has 1 spiro atoms. The maximum atomic E-state index is 13.2. The molecule has 1 atom stereocenters. The topological polar surface area (TPSA) is 45.7 Å². The Labute approximate surface area is 148 Å². The average molecular weight is 339 g/mol. The molecule has 2 fully saturated rings. The zero-order valence-corrected chi connectivity index (χ0v) is 14.8. The van der Waals surface area contributed by atoms with Gasteiger partial charge in [-0.2, -0.15) is 0 Å². The molecule has 0 aliphatic carbocycles. The first-order valence-corrected chi connectivity index (χ1v) is 9.10. The number of methoxy groups -OCH3 is 1. The number of nitrogens with zero attached hydrogens (tertiary/aromatic N) is 3. The molecule has 1 amide bonds. The van der Waals surface area contributed by atoms with Gasteiger partial charge in [0, 0.05) is 50.4 Å². The number of piperidine rings is 1. The van der Waals surface area contributed by atoms with Gasteiger partial charge in [-0.1, -0.05) is 24.3 Å². The number of hydrogen-bond donors (Lipinski definition) is 0. The third-order valence-corrected chi connectivity index (χ3v) is 5.80. The normalized spacial score (nSPS) is 23.8. The van der Waals surface area contributed by atoms with E-state index in [0.717, 1.165) is 50.0 Å². The van der Waals surface area contributed by atoms with Gasteiger partial charge in [-0.25, -0.2) is 0 Å². The first-order chi connectivity index (χ1) is 12.2. The van der Waals surface area contributed by atoms with Gasteiger partial charge in [0.25, 0.3) is 5.91 Å². The number of carbonyl (C=O) groups is 1. The quantitative estimate of drug-likeness (QED) is 0.859. The summed E-state index contributed by atoms with van der Waals surface area (Å²) in [6.07, 6.45) is 5.14. The summed E-state index contributed by atoms with van der Waals surface area (Å²) in [5.74, 6) is 0.0643. The number of carbonyl (C=O) groups excluding carboxylic acids is 1. The summed E-state index contributed by atoms with van der Waals surface area (Å²) in [6, 6.07) is 9.95. The molecule has 0 unspecified atom stereocenters. The van der Waals surface area contributed by atoms with Crippen LogP contribution in [0.25, 0.3) is 10.8 Å². The number of rotatable bonds is 4. The lowest BCUT2D eigenvalue weighted by Crippen LogP contribution is -2.67. The van der Waals surface area contributed by atoms with Crippen molar-refractivity contribution < 1.29 is 9.53 Å². The van der Waals surface area contributed by atoms with Crippen LogP contribution in [0.2, 0.25) is 0 Å². The number of ether oxygens (including phenoxy) is 1. The number of fused-ring (bicyclic) bond motifs is 1. The van der Waals surface area contributed by atoms with Gasteiger partial charge in [0.15, 0.2) is 0 Å². The maximum absolute atomic E-state index is 13.2. The number of hydrogen-bond acceptors (Lipinski definition) is 4. The van der Waals surface area contributed by atoms with Crippen molar-refractivity contribution in [1.29, 1.82) is 0 Å². The van der Waals surface area contributed by atoms with Gasteiger partial charge in [-0.15, -0.1) is 0 Å². The van der Waals surface area contributed by atoms with Crippen molar-refractivity contribution >= 4 is 16.7 Å². The van der Waals surface area contributed by atoms with Crippen LogP contribution < -0.4 is 0 Å². The number of likely N-dealkylation sites (tertiary alicyclic amines) is 2. The lowest BCUT2D eigenvalue weighted by atomic mass is 9.77. The minimum absolute atomic E-state index is 0.0643. The fraction of sp³-hybridized carbons (Fsp3) is 0.500. The second-order valence-electron chi connectivity index (χ2n) is 7.17. The fourth-order valence-corrected chi connectivity index (χ4v) is 4.32. The van der Waals surface area contributed by atoms with Crippen LogP contribution >= 0.6 is 0 Å². The van der Waals surface area contributed by atoms with Crippen LogP contribution in [0.15, 0.2) is 36.5 Å². The van der Waals surface area contributed by atoms with E-state index in [-0.39, 0.29) is 11.4 Å². The highest BCUT2D eigenvalue weighted by Gasteiger charge is 2.47. The molecule has 132 valence electrons. The second kappa shape index (κ2) is 6.73. The van der Waals surface area contributed by atoms with Crippen molar-refractivity contribution in [2.45, 2.75) is 24.8 Å². The summed E-state index contributed by atoms with van der Waals surface area (Å²) in [5.41, 5.74) is 0.731. The number of aromatic nitrogens is 1. The fourth-order valence-electron chi connectivity index (χ4n) is 4.32. The smallest absolute Gasteiger partial charge is 0.273 e. The summed E-state index contributed by atoms with van der Waals surface area (Å²) in [5, 5.41) is 2.01. The summed E-state index contributed by atoms with van der Waals surface area (Å²) in [6.45, 7) is 4.44. The predicted octanol–water partition coefficient (Wildman–Crippen LogP) is 2.56. The Morgan fingerprint density at radius 3 is 2.92 bits per heavy atom. The molecule has 1 aromatic heterocycles. The van der Waals surface area contributed by atoms with E-state index in [4.69, 9.17) is 4.74 Å². The number of amides is 1. The van der Waals surface area contributed by atoms with Crippen molar-refractivity contribution in [2.24, 2.45) is 0 Å². The van der Waals surface area contributed by atoms with E-state index < -0.39 is 0 Å². The van der Waals surface area contributed by atoms with E-state index >= 15 is 0 Å². The second-order valence-corrected chi connectivity index (χ2v) is 7.17. The van der Waals surface area contributed by atoms with Crippen LogP contribution in [0.1, 0.15) is 29.8 Å². The molecule has 5 heteroatoms. The number of pyridine rings is 1. The van der Waals surface area contributed by atoms with Crippen molar-refractivity contribution in [2.75, 3.05) is 39.9 Å². The van der Waals surface area contributed by atoms with Gasteiger partial charge in [-0.05, 0) is 30.7 Å². The molecule has 2 aromatic rings. The molecule has 2 aliphatic rings. The molecule has 4 rings (SSSR count). The Morgan fingerprint density at radius 1 is 1.24 bits per heavy atom. The van der Waals surface area contributed by atoms with Crippen LogP contribution in [0.4, 0.5) is 0 Å². The summed E-state index contributed by atoms with van der Waals surface area (Å²) in [4.78, 5) is 22.1. The van der Waals surface area contributed by atoms with E-state index in [0.29, 0.717) is 5.69 Å². The van der Waals surface area contributed by atoms with Crippen LogP contribution in [0.5, 0.6) is 0 Å². The molecule has 0 bridgehead atoms. The lowest BCUT2D eigenvalue weighted by Gasteiger charge is -2.57. The minimum Gasteiger partial charge on any atom is -0.383 e. The molecule has 1 aromatic carbocycles. The number of benzene rings is 1. The first-order valence-electron chi connectivity index (χ1n) is 9.10. The van der Waals surface area contributed by atoms with Gasteiger partial charge in [0.1, 0.15) is 5.69 Å². The van der Waals surface area contributed by atoms with E-state index in [2.05, 4.69) is 9.88 Å². The third-order valence-electron chi connectivity index (χ3n) is 5.80. The van der Waals surface area contributed by atoms with Crippen molar-refractivity contribution in [3.8, 4) is 0 Å². The molecule has 0 saturated carbocycles. The summed E-state index contributed by atoms with van der Waals surface area (Å²) >= 11 is 0. The van der Waals surface area contributed by atoms with Crippen LogP contribution in [0.3, 0.4) is 0 Å². The maximum Gasteiger partial charge on any atom is 0.273 e. The van der Waals surface area contributed by atoms with Crippen molar-refractivity contribution in [3.05, 3.63) is 42.2 Å². The molecular formula is C20H25N3O2. The highest BCUT2D eigenvalue weighted by molar-refractivity contribution is 6.05. The molecule has 2 saturated heterocycles. The van der Waals surface area contributed by atoms with Gasteiger partial charge >= 0.3 is 0 Å². The van der Waals surface area contributed by atoms with Crippen LogP contribution in [0, 0.1) is 0 Å². The van der Waals surface area contributed by atoms with E-state index in [1.807, 2.05) is 35.2 Å². The first kappa shape index (κ1) is 16.5. The third kappa shape index (κ3) is 2.92. The summed E-state index contributed by atoms with van der Waals surface area (Å²) in [7, 11) is 1.75. The minimum atomic E-state index is 0.0643. The van der Waals surface area contributed by atoms with Gasteiger partial charge in [0.05, 0.1) is 6.61 Å². The predicted molar refractivity (Wildman–Crippen MR) is 97.7 cm³/mol. The molecular weight excluding hydrogens is 314 g/mol. The Hall–Kier alpha value is -1.98. The zero-order chi connectivity index (χ0) is 17.3. The SMILES string of the molecule is COCCN1CC[C@]12CCCN(C(=O)c1nccc3ccccc13)C2. The van der Waals surface area contributed by atoms with Crippen LogP contribution in [-0.2, 0) is 4.74 Å². The van der Waals surface area contributed by atoms with Crippen molar-refractivity contribution in [1.82, 2.24) is 14.8 Å². The lowest BCUT2D eigenvalue weighted by molar-refractivity contribution is -0.0679. The van der Waals surface area contributed by atoms with Crippen LogP contribution in [-0.4, -0.2) is 66.1 Å². The van der Waals surface area contributed by atoms with Gasteiger partial charge in [-0.3, -0.25) is 14.7 Å². The standard InChI is InChI=1S/C20H25N3O2/c1-25-14-13-23-12-9-20(23)8-4-11-22(15-20)19(24)18-17-6-3-2-5-16(17)7-10-21-18/h2-3,5-7,10H,4,8-9,11-15H2,1H3/t20-/m0/s1. The van der Waals surface area contributed by atoms with Crippen molar-refractivity contribution in [3.63, 3.8) is 0 Å². The Balaban J connectivity index is 1.56. The molecule has 5 nitrogen and oxygen atoms in total. The van der Waals surface area contributed by atoms with E-state index in [1.54, 1.807) is 13.3 Å². The molecule has 3 heterocycles. The summed E-state index contributed by atoms with van der Waals surface area (Å²) < 4.78 is 5.24. The van der Waals surface area contributed by atoms with Gasteiger partial charge < -0.3 is 9.64 Å². The molecule has 0 N–H and O–H groups in total. The van der Waals surface area contributed by atoms with Gasteiger partial charge in [0.2, 0.25) is 0 Å². The Morgan fingerprint density at radius 2 is 2.12 bits per heavy atom. The zero-order valence-electron chi connectivity index (χ0n) is 14.8. The highest BCUT2D eigenvalue weighted by atomic mass is 16.5. The molecule has 25 heavy (non-hydrogen) atoms. The Kier molecular flexibility index (Phi) is 4.44. The highest BCUT2D eigenvalue weighted by Crippen LogP contribution is 2.38. The molecule has 2 aliphatic heterocycles. The monoisotopic (exact) mass is 339 g/mol. The van der Waals surface area contributed by atoms with E-state index in [1.165, 1.54) is 12.8 Å². The Bertz CT molecular complexity index is 773. The molecule has 0 radical (unpaired) electrons. The average Bonchev–Trinajstić information content (AvgIpc) is 2.66. The largest absolute Gasteiger partial charge is 0.383 e. The van der Waals surface area contributed by atoms with E-state index in [9.17, 15) is 4.79 Å².